The normalized spacial score (nSPS) is 10.8. The molecule has 0 fully saturated rings. The molecule has 0 atom stereocenters. The molecule has 0 radical (unpaired) electrons. The number of carbonyl (C=O) groups is 1. The first-order valence-electron chi connectivity index (χ1n) is 10.6. The Hall–Kier alpha value is -3.45. The number of hydrogen-bond donors (Lipinski definition) is 0. The highest BCUT2D eigenvalue weighted by Crippen LogP contribution is 2.33. The van der Waals surface area contributed by atoms with Crippen molar-refractivity contribution in [2.75, 3.05) is 18.6 Å². The molecule has 0 saturated carbocycles. The Kier molecular flexibility index (Phi) is 6.97. The van der Waals surface area contributed by atoms with Crippen LogP contribution in [0.15, 0.2) is 66.9 Å². The van der Waals surface area contributed by atoms with Crippen molar-refractivity contribution in [1.29, 1.82) is 0 Å². The molecular weight excluding hydrogens is 422 g/mol. The molecule has 0 bridgehead atoms. The summed E-state index contributed by atoms with van der Waals surface area (Å²) in [7, 11) is 1.63. The van der Waals surface area contributed by atoms with Crippen molar-refractivity contribution < 1.29 is 14.3 Å². The van der Waals surface area contributed by atoms with E-state index in [9.17, 15) is 4.79 Å². The lowest BCUT2D eigenvalue weighted by Gasteiger charge is -2.20. The van der Waals surface area contributed by atoms with Gasteiger partial charge in [-0.1, -0.05) is 36.8 Å². The van der Waals surface area contributed by atoms with E-state index in [1.54, 1.807) is 30.3 Å². The lowest BCUT2D eigenvalue weighted by molar-refractivity contribution is 0.0984. The molecule has 4 aromatic rings. The van der Waals surface area contributed by atoms with Gasteiger partial charge < -0.3 is 9.47 Å². The van der Waals surface area contributed by atoms with Gasteiger partial charge in [-0.15, -0.1) is 0 Å². The SMILES string of the molecule is CCCCOc1cccc(C(=O)N(Cc2ccccn2)c2nc3cc(OC)ccc3s2)c1. The summed E-state index contributed by atoms with van der Waals surface area (Å²) >= 11 is 1.47. The van der Waals surface area contributed by atoms with Gasteiger partial charge >= 0.3 is 0 Å². The molecule has 164 valence electrons. The highest BCUT2D eigenvalue weighted by molar-refractivity contribution is 7.22. The number of thiazole rings is 1. The summed E-state index contributed by atoms with van der Waals surface area (Å²) in [5, 5.41) is 0.612. The van der Waals surface area contributed by atoms with Crippen molar-refractivity contribution in [3.63, 3.8) is 0 Å². The van der Waals surface area contributed by atoms with E-state index in [1.165, 1.54) is 11.3 Å². The average Bonchev–Trinajstić information content (AvgIpc) is 3.26. The van der Waals surface area contributed by atoms with Gasteiger partial charge in [0.15, 0.2) is 5.13 Å². The number of carbonyl (C=O) groups excluding carboxylic acids is 1. The van der Waals surface area contributed by atoms with Crippen LogP contribution in [0.3, 0.4) is 0 Å². The molecule has 0 N–H and O–H groups in total. The van der Waals surface area contributed by atoms with Gasteiger partial charge in [-0.2, -0.15) is 0 Å². The van der Waals surface area contributed by atoms with Crippen LogP contribution in [0.2, 0.25) is 0 Å². The Balaban J connectivity index is 1.68. The van der Waals surface area contributed by atoms with Gasteiger partial charge in [0.05, 0.1) is 36.2 Å². The summed E-state index contributed by atoms with van der Waals surface area (Å²) in [6.07, 6.45) is 3.75. The summed E-state index contributed by atoms with van der Waals surface area (Å²) in [5.74, 6) is 1.27. The van der Waals surface area contributed by atoms with Crippen molar-refractivity contribution in [2.45, 2.75) is 26.3 Å². The molecule has 4 rings (SSSR count). The number of ether oxygens (including phenoxy) is 2. The molecule has 2 aromatic heterocycles. The van der Waals surface area contributed by atoms with E-state index >= 15 is 0 Å². The van der Waals surface area contributed by atoms with Gasteiger partial charge in [0.1, 0.15) is 11.5 Å². The topological polar surface area (TPSA) is 64.5 Å². The van der Waals surface area contributed by atoms with E-state index < -0.39 is 0 Å². The minimum absolute atomic E-state index is 0.150. The quantitative estimate of drug-likeness (QED) is 0.307. The molecule has 0 unspecified atom stereocenters. The number of fused-ring (bicyclic) bond motifs is 1. The van der Waals surface area contributed by atoms with Gasteiger partial charge in [0.25, 0.3) is 5.91 Å². The van der Waals surface area contributed by atoms with E-state index in [1.807, 2.05) is 48.5 Å². The lowest BCUT2D eigenvalue weighted by atomic mass is 10.2. The molecule has 0 saturated heterocycles. The standard InChI is InChI=1S/C25H25N3O3S/c1-3-4-14-31-21-10-7-8-18(15-21)24(29)28(17-19-9-5-6-13-26-19)25-27-22-16-20(30-2)11-12-23(22)32-25/h5-13,15-16H,3-4,14,17H2,1-2H3. The molecule has 6 nitrogen and oxygen atoms in total. The first kappa shape index (κ1) is 21.8. The fraction of sp³-hybridized carbons (Fsp3) is 0.240. The Morgan fingerprint density at radius 2 is 1.97 bits per heavy atom. The number of benzene rings is 2. The molecule has 0 aliphatic heterocycles. The number of methoxy groups -OCH3 is 1. The van der Waals surface area contributed by atoms with E-state index in [0.717, 1.165) is 34.5 Å². The van der Waals surface area contributed by atoms with E-state index in [0.29, 0.717) is 29.6 Å². The van der Waals surface area contributed by atoms with Gasteiger partial charge in [0, 0.05) is 17.8 Å². The molecule has 0 aliphatic carbocycles. The maximum absolute atomic E-state index is 13.6. The van der Waals surface area contributed by atoms with Crippen molar-refractivity contribution in [2.24, 2.45) is 0 Å². The minimum atomic E-state index is -0.150. The molecular formula is C25H25N3O3S. The number of rotatable bonds is 9. The predicted molar refractivity (Wildman–Crippen MR) is 128 cm³/mol. The molecule has 1 amide bonds. The molecule has 0 spiro atoms. The second-order valence-corrected chi connectivity index (χ2v) is 8.28. The third kappa shape index (κ3) is 5.06. The zero-order valence-electron chi connectivity index (χ0n) is 18.2. The van der Waals surface area contributed by atoms with E-state index in [4.69, 9.17) is 14.5 Å². The molecule has 2 heterocycles. The average molecular weight is 448 g/mol. The first-order valence-corrected chi connectivity index (χ1v) is 11.4. The summed E-state index contributed by atoms with van der Waals surface area (Å²) in [5.41, 5.74) is 2.12. The van der Waals surface area contributed by atoms with Gasteiger partial charge in [-0.25, -0.2) is 4.98 Å². The van der Waals surface area contributed by atoms with Crippen molar-refractivity contribution in [3.05, 3.63) is 78.1 Å². The predicted octanol–water partition coefficient (Wildman–Crippen LogP) is 5.73. The van der Waals surface area contributed by atoms with E-state index in [-0.39, 0.29) is 5.91 Å². The Morgan fingerprint density at radius 1 is 1.06 bits per heavy atom. The number of hydrogen-bond acceptors (Lipinski definition) is 6. The third-order valence-electron chi connectivity index (χ3n) is 4.95. The third-order valence-corrected chi connectivity index (χ3v) is 6.01. The smallest absolute Gasteiger partial charge is 0.260 e. The van der Waals surface area contributed by atoms with Crippen LogP contribution in [0.1, 0.15) is 35.8 Å². The fourth-order valence-corrected chi connectivity index (χ4v) is 4.17. The largest absolute Gasteiger partial charge is 0.497 e. The van der Waals surface area contributed by atoms with Crippen molar-refractivity contribution in [3.8, 4) is 11.5 Å². The zero-order valence-corrected chi connectivity index (χ0v) is 19.0. The second-order valence-electron chi connectivity index (χ2n) is 7.27. The number of nitrogens with zero attached hydrogens (tertiary/aromatic N) is 3. The van der Waals surface area contributed by atoms with Crippen LogP contribution in [0.5, 0.6) is 11.5 Å². The molecule has 7 heteroatoms. The van der Waals surface area contributed by atoms with Crippen LogP contribution in [0.4, 0.5) is 5.13 Å². The van der Waals surface area contributed by atoms with Crippen LogP contribution in [0, 0.1) is 0 Å². The van der Waals surface area contributed by atoms with Crippen molar-refractivity contribution in [1.82, 2.24) is 9.97 Å². The minimum Gasteiger partial charge on any atom is -0.497 e. The molecule has 2 aromatic carbocycles. The zero-order chi connectivity index (χ0) is 22.3. The number of anilines is 1. The van der Waals surface area contributed by atoms with Crippen LogP contribution < -0.4 is 14.4 Å². The highest BCUT2D eigenvalue weighted by Gasteiger charge is 2.23. The van der Waals surface area contributed by atoms with E-state index in [2.05, 4.69) is 11.9 Å². The Bertz CT molecular complexity index is 1190. The lowest BCUT2D eigenvalue weighted by Crippen LogP contribution is -2.30. The molecule has 32 heavy (non-hydrogen) atoms. The summed E-state index contributed by atoms with van der Waals surface area (Å²) in [6.45, 7) is 3.06. The van der Waals surface area contributed by atoms with Crippen LogP contribution in [0.25, 0.3) is 10.2 Å². The second kappa shape index (κ2) is 10.2. The van der Waals surface area contributed by atoms with Crippen LogP contribution in [-0.2, 0) is 6.54 Å². The summed E-state index contributed by atoms with van der Waals surface area (Å²) in [6, 6.07) is 18.7. The number of aromatic nitrogens is 2. The van der Waals surface area contributed by atoms with Gasteiger partial charge in [-0.05, 0) is 48.9 Å². The first-order chi connectivity index (χ1) is 15.7. The van der Waals surface area contributed by atoms with Crippen molar-refractivity contribution >= 4 is 32.6 Å². The van der Waals surface area contributed by atoms with Crippen LogP contribution in [-0.4, -0.2) is 29.6 Å². The monoisotopic (exact) mass is 447 g/mol. The number of amides is 1. The highest BCUT2D eigenvalue weighted by atomic mass is 32.1. The van der Waals surface area contributed by atoms with Gasteiger partial charge in [-0.3, -0.25) is 14.7 Å². The summed E-state index contributed by atoms with van der Waals surface area (Å²) < 4.78 is 12.1. The summed E-state index contributed by atoms with van der Waals surface area (Å²) in [4.78, 5) is 24.4. The number of unbranched alkanes of at least 4 members (excludes halogenated alkanes) is 1. The fourth-order valence-electron chi connectivity index (χ4n) is 3.23. The Morgan fingerprint density at radius 3 is 2.75 bits per heavy atom. The maximum atomic E-state index is 13.6. The van der Waals surface area contributed by atoms with Gasteiger partial charge in [0.2, 0.25) is 0 Å². The maximum Gasteiger partial charge on any atom is 0.260 e. The Labute approximate surface area is 191 Å². The molecule has 0 aliphatic rings. The number of pyridine rings is 1. The van der Waals surface area contributed by atoms with Crippen LogP contribution >= 0.6 is 11.3 Å².